The van der Waals surface area contributed by atoms with Gasteiger partial charge in [-0.15, -0.1) is 0 Å². The zero-order valence-corrected chi connectivity index (χ0v) is 13.7. The molecule has 1 fully saturated rings. The Morgan fingerprint density at radius 1 is 1.38 bits per heavy atom. The summed E-state index contributed by atoms with van der Waals surface area (Å²) < 4.78 is 0. The number of hydrogen-bond donors (Lipinski definition) is 1. The molecule has 1 heterocycles. The van der Waals surface area contributed by atoms with Crippen molar-refractivity contribution in [2.45, 2.75) is 65.1 Å². The Morgan fingerprint density at radius 2 is 2.14 bits per heavy atom. The number of hydrogen-bond acceptors (Lipinski definition) is 3. The highest BCUT2D eigenvalue weighted by Gasteiger charge is 2.25. The fraction of sp³-hybridized carbons (Fsp3) is 0.611. The third-order valence-corrected chi connectivity index (χ3v) is 4.16. The molecule has 3 heteroatoms. The lowest BCUT2D eigenvalue weighted by atomic mass is 10.0. The van der Waals surface area contributed by atoms with E-state index in [1.807, 2.05) is 6.07 Å². The third-order valence-electron chi connectivity index (χ3n) is 4.16. The van der Waals surface area contributed by atoms with Gasteiger partial charge in [0.1, 0.15) is 6.07 Å². The highest BCUT2D eigenvalue weighted by Crippen LogP contribution is 2.30. The predicted molar refractivity (Wildman–Crippen MR) is 88.4 cm³/mol. The first-order valence-corrected chi connectivity index (χ1v) is 7.99. The Morgan fingerprint density at radius 3 is 2.76 bits per heavy atom. The Balaban J connectivity index is 2.19. The summed E-state index contributed by atoms with van der Waals surface area (Å²) in [7, 11) is 0. The van der Waals surface area contributed by atoms with E-state index in [4.69, 9.17) is 0 Å². The summed E-state index contributed by atoms with van der Waals surface area (Å²) in [5.41, 5.74) is 3.19. The van der Waals surface area contributed by atoms with Gasteiger partial charge in [-0.1, -0.05) is 13.0 Å². The van der Waals surface area contributed by atoms with Gasteiger partial charge < -0.3 is 10.2 Å². The summed E-state index contributed by atoms with van der Waals surface area (Å²) in [4.78, 5) is 2.42. The molecule has 0 amide bonds. The van der Waals surface area contributed by atoms with Crippen molar-refractivity contribution in [2.75, 3.05) is 11.4 Å². The topological polar surface area (TPSA) is 39.1 Å². The second kappa shape index (κ2) is 6.49. The van der Waals surface area contributed by atoms with Gasteiger partial charge in [-0.05, 0) is 57.7 Å². The number of nitrogens with zero attached hydrogens (tertiary/aromatic N) is 2. The second-order valence-electron chi connectivity index (χ2n) is 6.96. The first kappa shape index (κ1) is 15.9. The molecule has 0 bridgehead atoms. The maximum atomic E-state index is 9.49. The fourth-order valence-corrected chi connectivity index (χ4v) is 2.98. The van der Waals surface area contributed by atoms with Gasteiger partial charge in [0.25, 0.3) is 0 Å². The summed E-state index contributed by atoms with van der Waals surface area (Å²) in [6, 6.07) is 9.30. The number of benzene rings is 1. The summed E-state index contributed by atoms with van der Waals surface area (Å²) in [6.45, 7) is 10.6. The molecular weight excluding hydrogens is 258 g/mol. The van der Waals surface area contributed by atoms with E-state index in [2.05, 4.69) is 56.1 Å². The quantitative estimate of drug-likeness (QED) is 0.914. The Bertz CT molecular complexity index is 522. The highest BCUT2D eigenvalue weighted by atomic mass is 15.2. The van der Waals surface area contributed by atoms with E-state index in [0.29, 0.717) is 6.04 Å². The van der Waals surface area contributed by atoms with Crippen LogP contribution >= 0.6 is 0 Å². The summed E-state index contributed by atoms with van der Waals surface area (Å²) in [5, 5.41) is 13.0. The zero-order chi connectivity index (χ0) is 15.5. The van der Waals surface area contributed by atoms with Gasteiger partial charge in [0, 0.05) is 24.7 Å². The molecule has 0 saturated carbocycles. The van der Waals surface area contributed by atoms with Gasteiger partial charge in [-0.25, -0.2) is 0 Å². The van der Waals surface area contributed by atoms with Gasteiger partial charge in [0.05, 0.1) is 11.3 Å². The molecule has 1 aliphatic heterocycles. The van der Waals surface area contributed by atoms with Crippen molar-refractivity contribution in [3.63, 3.8) is 0 Å². The van der Waals surface area contributed by atoms with Crippen LogP contribution in [0.3, 0.4) is 0 Å². The normalized spacial score (nSPS) is 18.8. The predicted octanol–water partition coefficient (Wildman–Crippen LogP) is 3.83. The maximum absolute atomic E-state index is 9.49. The van der Waals surface area contributed by atoms with Crippen molar-refractivity contribution in [1.82, 2.24) is 5.32 Å². The van der Waals surface area contributed by atoms with E-state index in [1.54, 1.807) is 0 Å². The van der Waals surface area contributed by atoms with Crippen molar-refractivity contribution in [1.29, 1.82) is 5.26 Å². The molecule has 1 saturated heterocycles. The molecule has 0 aliphatic carbocycles. The lowest BCUT2D eigenvalue weighted by Crippen LogP contribution is -2.35. The van der Waals surface area contributed by atoms with Crippen LogP contribution in [-0.4, -0.2) is 18.1 Å². The van der Waals surface area contributed by atoms with Gasteiger partial charge in [-0.2, -0.15) is 5.26 Å². The molecule has 1 aromatic rings. The van der Waals surface area contributed by atoms with Crippen molar-refractivity contribution in [3.05, 3.63) is 29.3 Å². The van der Waals surface area contributed by atoms with Crippen molar-refractivity contribution >= 4 is 5.69 Å². The van der Waals surface area contributed by atoms with E-state index in [9.17, 15) is 5.26 Å². The van der Waals surface area contributed by atoms with Crippen LogP contribution < -0.4 is 10.2 Å². The minimum atomic E-state index is 0.0910. The summed E-state index contributed by atoms with van der Waals surface area (Å²) in [6.07, 6.45) is 3.63. The third kappa shape index (κ3) is 3.98. The molecule has 3 nitrogen and oxygen atoms in total. The number of rotatable bonds is 4. The summed E-state index contributed by atoms with van der Waals surface area (Å²) in [5.74, 6) is 0. The standard InChI is InChI=1S/C18H27N3/c1-5-16-7-6-10-21(16)17-9-8-14(11-15(17)12-19)13-20-18(2,3)4/h8-9,11,16,20H,5-7,10,13H2,1-4H3. The SMILES string of the molecule is CCC1CCCN1c1ccc(CNC(C)(C)C)cc1C#N. The minimum absolute atomic E-state index is 0.0910. The maximum Gasteiger partial charge on any atom is 0.101 e. The molecule has 1 N–H and O–H groups in total. The first-order chi connectivity index (χ1) is 9.94. The van der Waals surface area contributed by atoms with Gasteiger partial charge >= 0.3 is 0 Å². The van der Waals surface area contributed by atoms with Crippen LogP contribution in [0.25, 0.3) is 0 Å². The van der Waals surface area contributed by atoms with Crippen LogP contribution in [0.1, 0.15) is 58.1 Å². The number of nitriles is 1. The Hall–Kier alpha value is -1.53. The average molecular weight is 285 g/mol. The minimum Gasteiger partial charge on any atom is -0.367 e. The largest absolute Gasteiger partial charge is 0.367 e. The highest BCUT2D eigenvalue weighted by molar-refractivity contribution is 5.61. The monoisotopic (exact) mass is 285 g/mol. The molecule has 21 heavy (non-hydrogen) atoms. The summed E-state index contributed by atoms with van der Waals surface area (Å²) >= 11 is 0. The van der Waals surface area contributed by atoms with E-state index in [0.717, 1.165) is 30.8 Å². The molecule has 0 radical (unpaired) electrons. The van der Waals surface area contributed by atoms with Crippen LogP contribution in [0, 0.1) is 11.3 Å². The van der Waals surface area contributed by atoms with Crippen molar-refractivity contribution in [3.8, 4) is 6.07 Å². The van der Waals surface area contributed by atoms with E-state index in [-0.39, 0.29) is 5.54 Å². The molecular formula is C18H27N3. The van der Waals surface area contributed by atoms with Crippen LogP contribution in [0.4, 0.5) is 5.69 Å². The Labute approximate surface area is 129 Å². The van der Waals surface area contributed by atoms with Crippen LogP contribution in [0.5, 0.6) is 0 Å². The van der Waals surface area contributed by atoms with Crippen LogP contribution in [-0.2, 0) is 6.54 Å². The van der Waals surface area contributed by atoms with Crippen molar-refractivity contribution in [2.24, 2.45) is 0 Å². The van der Waals surface area contributed by atoms with Crippen LogP contribution in [0.15, 0.2) is 18.2 Å². The lowest BCUT2D eigenvalue weighted by molar-refractivity contribution is 0.424. The molecule has 1 unspecified atom stereocenters. The number of anilines is 1. The number of nitrogens with one attached hydrogen (secondary N) is 1. The second-order valence-corrected chi connectivity index (χ2v) is 6.96. The molecule has 2 rings (SSSR count). The molecule has 0 spiro atoms. The zero-order valence-electron chi connectivity index (χ0n) is 13.7. The molecule has 0 aromatic heterocycles. The van der Waals surface area contributed by atoms with Gasteiger partial charge in [-0.3, -0.25) is 0 Å². The molecule has 114 valence electrons. The smallest absolute Gasteiger partial charge is 0.101 e. The van der Waals surface area contributed by atoms with Crippen LogP contribution in [0.2, 0.25) is 0 Å². The van der Waals surface area contributed by atoms with E-state index in [1.165, 1.54) is 18.4 Å². The molecule has 1 atom stereocenters. The molecule has 1 aromatic carbocycles. The molecule has 1 aliphatic rings. The fourth-order valence-electron chi connectivity index (χ4n) is 2.98. The van der Waals surface area contributed by atoms with Gasteiger partial charge in [0.2, 0.25) is 0 Å². The first-order valence-electron chi connectivity index (χ1n) is 7.99. The Kier molecular flexibility index (Phi) is 4.90. The van der Waals surface area contributed by atoms with E-state index >= 15 is 0 Å². The van der Waals surface area contributed by atoms with Crippen molar-refractivity contribution < 1.29 is 0 Å². The lowest BCUT2D eigenvalue weighted by Gasteiger charge is -2.27. The van der Waals surface area contributed by atoms with E-state index < -0.39 is 0 Å². The van der Waals surface area contributed by atoms with Gasteiger partial charge in [0.15, 0.2) is 0 Å². The average Bonchev–Trinajstić information content (AvgIpc) is 2.92.